The Labute approximate surface area is 177 Å². The predicted molar refractivity (Wildman–Crippen MR) is 115 cm³/mol. The monoisotopic (exact) mass is 501 g/mol. The number of aromatic nitrogens is 2. The van der Waals surface area contributed by atoms with Crippen molar-refractivity contribution in [2.45, 2.75) is 39.7 Å². The Morgan fingerprint density at radius 3 is 2.33 bits per heavy atom. The second kappa shape index (κ2) is 10.1. The molecule has 1 heterocycles. The van der Waals surface area contributed by atoms with Crippen molar-refractivity contribution in [3.05, 3.63) is 21.2 Å². The third-order valence-electron chi connectivity index (χ3n) is 4.06. The van der Waals surface area contributed by atoms with Crippen LogP contribution in [0.1, 0.15) is 33.6 Å². The van der Waals surface area contributed by atoms with Crippen molar-refractivity contribution in [1.29, 1.82) is 0 Å². The summed E-state index contributed by atoms with van der Waals surface area (Å²) in [7, 11) is 3.42. The number of benzene rings is 1. The molecular weight excluding hydrogens is 478 g/mol. The molecule has 0 saturated heterocycles. The fourth-order valence-corrected chi connectivity index (χ4v) is 3.51. The van der Waals surface area contributed by atoms with E-state index in [0.717, 1.165) is 22.9 Å². The molecule has 0 unspecified atom stereocenters. The van der Waals surface area contributed by atoms with Crippen molar-refractivity contribution in [3.8, 4) is 28.6 Å². The number of rotatable bonds is 9. The van der Waals surface area contributed by atoms with Crippen molar-refractivity contribution >= 4 is 37.7 Å². The van der Waals surface area contributed by atoms with Crippen LogP contribution < -0.4 is 19.5 Å². The van der Waals surface area contributed by atoms with Gasteiger partial charge in [-0.2, -0.15) is 0 Å². The van der Waals surface area contributed by atoms with Gasteiger partial charge in [-0.05, 0) is 57.7 Å². The summed E-state index contributed by atoms with van der Waals surface area (Å²) in [6.07, 6.45) is 1.90. The molecule has 0 bridgehead atoms. The number of methoxy groups -OCH3 is 1. The Balaban J connectivity index is 2.54. The van der Waals surface area contributed by atoms with E-state index < -0.39 is 0 Å². The summed E-state index contributed by atoms with van der Waals surface area (Å²) >= 11 is 7.09. The number of nitrogens with one attached hydrogen (secondary N) is 1. The number of halogens is 2. The van der Waals surface area contributed by atoms with Crippen molar-refractivity contribution < 1.29 is 14.2 Å². The first-order chi connectivity index (χ1) is 13.0. The van der Waals surface area contributed by atoms with Crippen LogP contribution in [-0.2, 0) is 0 Å². The van der Waals surface area contributed by atoms with Gasteiger partial charge in [0.15, 0.2) is 5.82 Å². The lowest BCUT2D eigenvalue weighted by Gasteiger charge is -2.19. The molecule has 0 amide bonds. The van der Waals surface area contributed by atoms with Crippen LogP contribution in [0, 0.1) is 0 Å². The molecule has 0 atom stereocenters. The molecule has 1 aromatic heterocycles. The topological polar surface area (TPSA) is 65.5 Å². The smallest absolute Gasteiger partial charge is 0.258 e. The number of hydrogen-bond acceptors (Lipinski definition) is 6. The van der Waals surface area contributed by atoms with Gasteiger partial charge in [0, 0.05) is 18.7 Å². The lowest BCUT2D eigenvalue weighted by molar-refractivity contribution is 0.185. The van der Waals surface area contributed by atoms with Crippen LogP contribution in [0.5, 0.6) is 17.4 Å². The Morgan fingerprint density at radius 2 is 1.78 bits per heavy atom. The van der Waals surface area contributed by atoms with E-state index in [1.807, 2.05) is 19.1 Å². The Morgan fingerprint density at radius 1 is 1.07 bits per heavy atom. The van der Waals surface area contributed by atoms with Gasteiger partial charge in [-0.1, -0.05) is 13.8 Å². The summed E-state index contributed by atoms with van der Waals surface area (Å²) in [6, 6.07) is 3.75. The van der Waals surface area contributed by atoms with Gasteiger partial charge < -0.3 is 19.5 Å². The second-order valence-corrected chi connectivity index (χ2v) is 7.34. The van der Waals surface area contributed by atoms with Crippen molar-refractivity contribution in [2.24, 2.45) is 0 Å². The summed E-state index contributed by atoms with van der Waals surface area (Å²) in [4.78, 5) is 9.31. The van der Waals surface area contributed by atoms with Crippen molar-refractivity contribution in [1.82, 2.24) is 9.97 Å². The van der Waals surface area contributed by atoms with E-state index >= 15 is 0 Å². The molecule has 2 aromatic rings. The minimum atomic E-state index is 0.0957. The fraction of sp³-hybridized carbons (Fsp3) is 0.474. The minimum absolute atomic E-state index is 0.0957. The highest BCUT2D eigenvalue weighted by atomic mass is 79.9. The summed E-state index contributed by atoms with van der Waals surface area (Å²) < 4.78 is 18.6. The first-order valence-corrected chi connectivity index (χ1v) is 10.5. The van der Waals surface area contributed by atoms with E-state index in [0.29, 0.717) is 40.1 Å². The largest absolute Gasteiger partial charge is 0.496 e. The molecule has 0 fully saturated rings. The zero-order chi connectivity index (χ0) is 20.0. The summed E-state index contributed by atoms with van der Waals surface area (Å²) in [5.41, 5.74) is 1.44. The van der Waals surface area contributed by atoms with Crippen LogP contribution >= 0.6 is 31.9 Å². The van der Waals surface area contributed by atoms with E-state index in [4.69, 9.17) is 19.2 Å². The van der Waals surface area contributed by atoms with Crippen molar-refractivity contribution in [2.75, 3.05) is 26.1 Å². The summed E-state index contributed by atoms with van der Waals surface area (Å²) in [5, 5.41) is 3.07. The number of hydrogen-bond donors (Lipinski definition) is 1. The molecule has 1 aromatic carbocycles. The lowest BCUT2D eigenvalue weighted by Crippen LogP contribution is -2.16. The maximum absolute atomic E-state index is 6.01. The molecule has 2 rings (SSSR count). The molecule has 148 valence electrons. The van der Waals surface area contributed by atoms with Gasteiger partial charge in [0.2, 0.25) is 0 Å². The van der Waals surface area contributed by atoms with Gasteiger partial charge in [-0.3, -0.25) is 0 Å². The molecule has 0 aliphatic carbocycles. The van der Waals surface area contributed by atoms with Crippen molar-refractivity contribution in [3.63, 3.8) is 0 Å². The van der Waals surface area contributed by atoms with E-state index in [-0.39, 0.29) is 6.10 Å². The molecule has 0 spiro atoms. The number of nitrogens with zero attached hydrogens (tertiary/aromatic N) is 2. The molecule has 8 heteroatoms. The first-order valence-electron chi connectivity index (χ1n) is 8.91. The minimum Gasteiger partial charge on any atom is -0.496 e. The first kappa shape index (κ1) is 21.8. The fourth-order valence-electron chi connectivity index (χ4n) is 2.59. The van der Waals surface area contributed by atoms with E-state index in [1.54, 1.807) is 14.2 Å². The number of anilines is 1. The zero-order valence-electron chi connectivity index (χ0n) is 16.2. The maximum Gasteiger partial charge on any atom is 0.258 e. The third kappa shape index (κ3) is 5.04. The molecule has 6 nitrogen and oxygen atoms in total. The highest BCUT2D eigenvalue weighted by molar-refractivity contribution is 9.10. The molecular formula is C19H25Br2N3O3. The predicted octanol–water partition coefficient (Wildman–Crippen LogP) is 5.69. The van der Waals surface area contributed by atoms with E-state index in [1.165, 1.54) is 0 Å². The lowest BCUT2D eigenvalue weighted by atomic mass is 10.1. The van der Waals surface area contributed by atoms with Crippen LogP contribution in [0.2, 0.25) is 0 Å². The maximum atomic E-state index is 6.01. The van der Waals surface area contributed by atoms with E-state index in [2.05, 4.69) is 56.0 Å². The SMILES string of the molecule is CCOc1cc(OC)c(-c2nc(NC)c(OC(CC)CC)nc2Br)cc1Br. The van der Waals surface area contributed by atoms with Gasteiger partial charge in [0.1, 0.15) is 27.9 Å². The van der Waals surface area contributed by atoms with Gasteiger partial charge >= 0.3 is 0 Å². The normalized spacial score (nSPS) is 10.8. The van der Waals surface area contributed by atoms with E-state index in [9.17, 15) is 0 Å². The van der Waals surface area contributed by atoms with Gasteiger partial charge in [0.25, 0.3) is 5.88 Å². The molecule has 0 radical (unpaired) electrons. The highest BCUT2D eigenvalue weighted by Gasteiger charge is 2.20. The average molecular weight is 503 g/mol. The van der Waals surface area contributed by atoms with Crippen LogP contribution in [-0.4, -0.2) is 36.8 Å². The van der Waals surface area contributed by atoms with Crippen LogP contribution in [0.3, 0.4) is 0 Å². The molecule has 27 heavy (non-hydrogen) atoms. The average Bonchev–Trinajstić information content (AvgIpc) is 2.67. The van der Waals surface area contributed by atoms with Gasteiger partial charge in [-0.25, -0.2) is 9.97 Å². The third-order valence-corrected chi connectivity index (χ3v) is 5.23. The number of ether oxygens (including phenoxy) is 3. The van der Waals surface area contributed by atoms with Gasteiger partial charge in [0.05, 0.1) is 18.2 Å². The van der Waals surface area contributed by atoms with Crippen LogP contribution in [0.4, 0.5) is 5.82 Å². The quantitative estimate of drug-likeness (QED) is 0.475. The zero-order valence-corrected chi connectivity index (χ0v) is 19.4. The summed E-state index contributed by atoms with van der Waals surface area (Å²) in [5.74, 6) is 2.41. The standard InChI is InChI=1S/C19H25Br2N3O3/c1-6-11(7-2)27-19-18(22-4)23-16(17(21)24-19)12-9-13(20)15(26-8-3)10-14(12)25-5/h9-11H,6-8H2,1-5H3,(H,22,23). The van der Waals surface area contributed by atoms with Crippen LogP contribution in [0.15, 0.2) is 21.2 Å². The van der Waals surface area contributed by atoms with Crippen LogP contribution in [0.25, 0.3) is 11.3 Å². The highest BCUT2D eigenvalue weighted by Crippen LogP contribution is 2.41. The molecule has 1 N–H and O–H groups in total. The molecule has 0 saturated carbocycles. The molecule has 0 aliphatic heterocycles. The Hall–Kier alpha value is -1.54. The van der Waals surface area contributed by atoms with Gasteiger partial charge in [-0.15, -0.1) is 0 Å². The second-order valence-electron chi connectivity index (χ2n) is 5.74. The summed E-state index contributed by atoms with van der Waals surface area (Å²) in [6.45, 7) is 6.68. The molecule has 0 aliphatic rings. The Kier molecular flexibility index (Phi) is 8.16. The Bertz CT molecular complexity index is 783.